The Bertz CT molecular complexity index is 600. The monoisotopic (exact) mass is 315 g/mol. The lowest BCUT2D eigenvalue weighted by atomic mass is 10.2. The first-order valence-corrected chi connectivity index (χ1v) is 7.13. The molecule has 0 fully saturated rings. The van der Waals surface area contributed by atoms with Gasteiger partial charge < -0.3 is 11.1 Å². The number of anilines is 1. The van der Waals surface area contributed by atoms with Crippen molar-refractivity contribution in [3.8, 4) is 0 Å². The van der Waals surface area contributed by atoms with Gasteiger partial charge in [0, 0.05) is 23.4 Å². The molecule has 4 nitrogen and oxygen atoms in total. The smallest absolute Gasteiger partial charge is 0.252 e. The number of halogens is 2. The first-order valence-electron chi connectivity index (χ1n) is 5.49. The number of aromatic nitrogens is 1. The van der Waals surface area contributed by atoms with Gasteiger partial charge in [-0.3, -0.25) is 4.79 Å². The predicted octanol–water partition coefficient (Wildman–Crippen LogP) is 3.00. The van der Waals surface area contributed by atoms with E-state index in [-0.39, 0.29) is 5.91 Å². The second kappa shape index (κ2) is 6.23. The third kappa shape index (κ3) is 3.83. The fraction of sp³-hybridized carbons (Fsp3) is 0.167. The maximum atomic E-state index is 11.9. The highest BCUT2D eigenvalue weighted by Crippen LogP contribution is 2.20. The van der Waals surface area contributed by atoms with E-state index in [0.29, 0.717) is 33.7 Å². The lowest BCUT2D eigenvalue weighted by Gasteiger charge is -2.06. The van der Waals surface area contributed by atoms with Gasteiger partial charge >= 0.3 is 0 Å². The fourth-order valence-corrected chi connectivity index (χ4v) is 2.60. The summed E-state index contributed by atoms with van der Waals surface area (Å²) in [7, 11) is 0. The highest BCUT2D eigenvalue weighted by atomic mass is 35.5. The SMILES string of the molecule is Nc1nc(CCNC(=O)c2ccc(Cl)cc2Cl)cs1. The lowest BCUT2D eigenvalue weighted by Crippen LogP contribution is -2.26. The van der Waals surface area contributed by atoms with Crippen LogP contribution in [0.25, 0.3) is 0 Å². The second-order valence-electron chi connectivity index (χ2n) is 3.81. The van der Waals surface area contributed by atoms with Gasteiger partial charge in [-0.05, 0) is 18.2 Å². The van der Waals surface area contributed by atoms with Crippen molar-refractivity contribution in [3.05, 3.63) is 44.9 Å². The van der Waals surface area contributed by atoms with Crippen molar-refractivity contribution < 1.29 is 4.79 Å². The van der Waals surface area contributed by atoms with Crippen LogP contribution < -0.4 is 11.1 Å². The highest BCUT2D eigenvalue weighted by Gasteiger charge is 2.10. The van der Waals surface area contributed by atoms with E-state index >= 15 is 0 Å². The van der Waals surface area contributed by atoms with Gasteiger partial charge in [0.25, 0.3) is 5.91 Å². The Labute approximate surface area is 124 Å². The van der Waals surface area contributed by atoms with Gasteiger partial charge in [-0.15, -0.1) is 11.3 Å². The minimum Gasteiger partial charge on any atom is -0.375 e. The molecule has 1 aromatic heterocycles. The zero-order chi connectivity index (χ0) is 13.8. The number of thiazole rings is 1. The van der Waals surface area contributed by atoms with Crippen LogP contribution in [0.5, 0.6) is 0 Å². The van der Waals surface area contributed by atoms with Crippen LogP contribution in [-0.4, -0.2) is 17.4 Å². The van der Waals surface area contributed by atoms with E-state index in [9.17, 15) is 4.79 Å². The first kappa shape index (κ1) is 14.1. The molecule has 0 saturated carbocycles. The molecule has 100 valence electrons. The van der Waals surface area contributed by atoms with E-state index in [1.54, 1.807) is 18.2 Å². The number of nitrogen functional groups attached to an aromatic ring is 1. The van der Waals surface area contributed by atoms with Gasteiger partial charge in [0.15, 0.2) is 5.13 Å². The Morgan fingerprint density at radius 1 is 1.42 bits per heavy atom. The molecule has 0 unspecified atom stereocenters. The van der Waals surface area contributed by atoms with Gasteiger partial charge in [-0.1, -0.05) is 23.2 Å². The largest absolute Gasteiger partial charge is 0.375 e. The van der Waals surface area contributed by atoms with Gasteiger partial charge in [0.1, 0.15) is 0 Å². The molecule has 0 aliphatic rings. The molecule has 0 spiro atoms. The number of nitrogens with one attached hydrogen (secondary N) is 1. The standard InChI is InChI=1S/C12H11Cl2N3OS/c13-7-1-2-9(10(14)5-7)11(18)16-4-3-8-6-19-12(15)17-8/h1-2,5-6H,3-4H2,(H2,15,17)(H,16,18). The summed E-state index contributed by atoms with van der Waals surface area (Å²) in [6.07, 6.45) is 0.630. The number of nitrogens with two attached hydrogens (primary N) is 1. The third-order valence-corrected chi connectivity index (χ3v) is 3.68. The molecule has 7 heteroatoms. The van der Waals surface area contributed by atoms with E-state index < -0.39 is 0 Å². The fourth-order valence-electron chi connectivity index (χ4n) is 1.51. The molecular weight excluding hydrogens is 305 g/mol. The van der Waals surface area contributed by atoms with E-state index in [0.717, 1.165) is 5.69 Å². The molecule has 1 amide bonds. The molecule has 2 rings (SSSR count). The molecule has 0 aliphatic heterocycles. The second-order valence-corrected chi connectivity index (χ2v) is 5.54. The molecular formula is C12H11Cl2N3OS. The van der Waals surface area contributed by atoms with Crippen LogP contribution >= 0.6 is 34.5 Å². The average molecular weight is 316 g/mol. The predicted molar refractivity (Wildman–Crippen MR) is 79.0 cm³/mol. The van der Waals surface area contributed by atoms with Crippen molar-refractivity contribution in [2.24, 2.45) is 0 Å². The summed E-state index contributed by atoms with van der Waals surface area (Å²) in [5.74, 6) is -0.232. The summed E-state index contributed by atoms with van der Waals surface area (Å²) < 4.78 is 0. The zero-order valence-corrected chi connectivity index (χ0v) is 12.1. The van der Waals surface area contributed by atoms with Gasteiger partial charge in [0.2, 0.25) is 0 Å². The number of benzene rings is 1. The van der Waals surface area contributed by atoms with E-state index in [4.69, 9.17) is 28.9 Å². The van der Waals surface area contributed by atoms with Gasteiger partial charge in [-0.25, -0.2) is 4.98 Å². The molecule has 2 aromatic rings. The summed E-state index contributed by atoms with van der Waals surface area (Å²) in [6.45, 7) is 0.473. The molecule has 1 aromatic carbocycles. The van der Waals surface area contributed by atoms with Crippen molar-refractivity contribution in [2.75, 3.05) is 12.3 Å². The molecule has 1 heterocycles. The summed E-state index contributed by atoms with van der Waals surface area (Å²) in [6, 6.07) is 4.77. The Hall–Kier alpha value is -1.30. The number of hydrogen-bond donors (Lipinski definition) is 2. The van der Waals surface area contributed by atoms with Crippen molar-refractivity contribution in [2.45, 2.75) is 6.42 Å². The third-order valence-electron chi connectivity index (χ3n) is 2.41. The van der Waals surface area contributed by atoms with Crippen LogP contribution in [0.4, 0.5) is 5.13 Å². The van der Waals surface area contributed by atoms with Crippen molar-refractivity contribution in [1.82, 2.24) is 10.3 Å². The van der Waals surface area contributed by atoms with Crippen LogP contribution in [0.15, 0.2) is 23.6 Å². The molecule has 0 aliphatic carbocycles. The van der Waals surface area contributed by atoms with Crippen LogP contribution in [0.1, 0.15) is 16.1 Å². The number of carbonyl (C=O) groups is 1. The Kier molecular flexibility index (Phi) is 4.63. The van der Waals surface area contributed by atoms with Crippen molar-refractivity contribution >= 4 is 45.6 Å². The summed E-state index contributed by atoms with van der Waals surface area (Å²) >= 11 is 13.1. The first-order chi connectivity index (χ1) is 9.06. The Balaban J connectivity index is 1.90. The Morgan fingerprint density at radius 3 is 2.84 bits per heavy atom. The summed E-state index contributed by atoms with van der Waals surface area (Å²) in [5, 5.41) is 6.01. The quantitative estimate of drug-likeness (QED) is 0.911. The number of amides is 1. The Morgan fingerprint density at radius 2 is 2.21 bits per heavy atom. The van der Waals surface area contributed by atoms with Gasteiger partial charge in [0.05, 0.1) is 16.3 Å². The molecule has 3 N–H and O–H groups in total. The minimum atomic E-state index is -0.232. The van der Waals surface area contributed by atoms with Crippen LogP contribution in [-0.2, 0) is 6.42 Å². The summed E-state index contributed by atoms with van der Waals surface area (Å²) in [4.78, 5) is 16.0. The highest BCUT2D eigenvalue weighted by molar-refractivity contribution is 7.13. The number of nitrogens with zero attached hydrogens (tertiary/aromatic N) is 1. The minimum absolute atomic E-state index is 0.232. The van der Waals surface area contributed by atoms with Crippen LogP contribution in [0.2, 0.25) is 10.0 Å². The number of hydrogen-bond acceptors (Lipinski definition) is 4. The van der Waals surface area contributed by atoms with Crippen molar-refractivity contribution in [1.29, 1.82) is 0 Å². The molecule has 0 atom stereocenters. The molecule has 0 radical (unpaired) electrons. The van der Waals surface area contributed by atoms with E-state index in [1.807, 2.05) is 5.38 Å². The number of rotatable bonds is 4. The summed E-state index contributed by atoms with van der Waals surface area (Å²) in [5.41, 5.74) is 6.80. The normalized spacial score (nSPS) is 10.4. The van der Waals surface area contributed by atoms with Crippen molar-refractivity contribution in [3.63, 3.8) is 0 Å². The van der Waals surface area contributed by atoms with Crippen LogP contribution in [0.3, 0.4) is 0 Å². The van der Waals surface area contributed by atoms with Crippen LogP contribution in [0, 0.1) is 0 Å². The average Bonchev–Trinajstić information content (AvgIpc) is 2.75. The van der Waals surface area contributed by atoms with Gasteiger partial charge in [-0.2, -0.15) is 0 Å². The molecule has 0 saturated heterocycles. The molecule has 19 heavy (non-hydrogen) atoms. The van der Waals surface area contributed by atoms with E-state index in [2.05, 4.69) is 10.3 Å². The molecule has 0 bridgehead atoms. The lowest BCUT2D eigenvalue weighted by molar-refractivity contribution is 0.0954. The zero-order valence-electron chi connectivity index (χ0n) is 9.82. The maximum absolute atomic E-state index is 11.9. The maximum Gasteiger partial charge on any atom is 0.252 e. The topological polar surface area (TPSA) is 68.0 Å². The number of carbonyl (C=O) groups excluding carboxylic acids is 1. The van der Waals surface area contributed by atoms with E-state index in [1.165, 1.54) is 11.3 Å².